The summed E-state index contributed by atoms with van der Waals surface area (Å²) < 4.78 is 1.92. The average molecular weight is 367 g/mol. The summed E-state index contributed by atoms with van der Waals surface area (Å²) in [5.41, 5.74) is 6.39. The molecule has 0 aliphatic rings. The van der Waals surface area contributed by atoms with E-state index in [1.54, 1.807) is 19.0 Å². The van der Waals surface area contributed by atoms with Gasteiger partial charge in [-0.05, 0) is 55.3 Å². The van der Waals surface area contributed by atoms with Gasteiger partial charge < -0.3 is 9.47 Å². The zero-order chi connectivity index (χ0) is 18.6. The van der Waals surface area contributed by atoms with Crippen LogP contribution in [0.5, 0.6) is 0 Å². The number of carbonyl (C=O) groups excluding carboxylic acids is 1. The number of amides is 1. The molecule has 0 saturated heterocycles. The van der Waals surface area contributed by atoms with E-state index in [1.165, 1.54) is 11.1 Å². The first-order valence-corrected chi connectivity index (χ1v) is 8.79. The molecule has 0 radical (unpaired) electrons. The Bertz CT molecular complexity index is 1190. The number of halogens is 1. The van der Waals surface area contributed by atoms with Crippen LogP contribution in [-0.2, 0) is 11.3 Å². The lowest BCUT2D eigenvalue weighted by molar-refractivity contribution is -0.129. The number of hydrogen-bond donors (Lipinski definition) is 0. The Morgan fingerprint density at radius 3 is 2.38 bits per heavy atom. The maximum atomic E-state index is 12.4. The van der Waals surface area contributed by atoms with Crippen LogP contribution in [0.4, 0.5) is 0 Å². The maximum absolute atomic E-state index is 12.4. The largest absolute Gasteiger partial charge is 0.347 e. The van der Waals surface area contributed by atoms with E-state index < -0.39 is 0 Å². The normalized spacial score (nSPS) is 11.6. The summed E-state index contributed by atoms with van der Waals surface area (Å²) in [6, 6.07) is 9.73. The molecule has 132 valence electrons. The fourth-order valence-electron chi connectivity index (χ4n) is 3.16. The molecule has 2 heterocycles. The van der Waals surface area contributed by atoms with Gasteiger partial charge in [0.2, 0.25) is 5.91 Å². The molecule has 0 saturated carbocycles. The molecule has 0 bridgehead atoms. The first kappa shape index (κ1) is 16.8. The Balaban J connectivity index is 2.10. The monoisotopic (exact) mass is 366 g/mol. The highest BCUT2D eigenvalue weighted by Crippen LogP contribution is 2.31. The fraction of sp³-hybridized carbons (Fsp3) is 0.250. The van der Waals surface area contributed by atoms with Gasteiger partial charge in [-0.2, -0.15) is 0 Å². The van der Waals surface area contributed by atoms with Crippen molar-refractivity contribution in [2.45, 2.75) is 20.4 Å². The highest BCUT2D eigenvalue weighted by Gasteiger charge is 2.18. The van der Waals surface area contributed by atoms with E-state index >= 15 is 0 Å². The van der Waals surface area contributed by atoms with Crippen LogP contribution in [0.1, 0.15) is 11.1 Å². The predicted octanol–water partition coefficient (Wildman–Crippen LogP) is 4.10. The Hall–Kier alpha value is -2.66. The Morgan fingerprint density at radius 1 is 1.08 bits per heavy atom. The van der Waals surface area contributed by atoms with Crippen molar-refractivity contribution in [3.63, 3.8) is 0 Å². The minimum absolute atomic E-state index is 0.000679. The lowest BCUT2D eigenvalue weighted by atomic mass is 10.1. The Kier molecular flexibility index (Phi) is 3.84. The quantitative estimate of drug-likeness (QED) is 0.536. The van der Waals surface area contributed by atoms with E-state index in [1.807, 2.05) is 28.8 Å². The first-order chi connectivity index (χ1) is 12.3. The Morgan fingerprint density at radius 2 is 1.73 bits per heavy atom. The molecule has 0 N–H and O–H groups in total. The molecule has 1 amide bonds. The number of aromatic nitrogens is 3. The highest BCUT2D eigenvalue weighted by molar-refractivity contribution is 6.31. The number of likely N-dealkylation sites (N-methyl/N-ethyl adjacent to an activating group) is 1. The fourth-order valence-corrected chi connectivity index (χ4v) is 3.33. The van der Waals surface area contributed by atoms with E-state index in [4.69, 9.17) is 21.6 Å². The molecule has 2 aromatic carbocycles. The van der Waals surface area contributed by atoms with Gasteiger partial charge in [0.15, 0.2) is 5.65 Å². The third kappa shape index (κ3) is 2.59. The molecule has 0 spiro atoms. The van der Waals surface area contributed by atoms with Crippen molar-refractivity contribution in [1.82, 2.24) is 19.4 Å². The number of fused-ring (bicyclic) bond motifs is 4. The highest BCUT2D eigenvalue weighted by atomic mass is 35.5. The number of benzene rings is 2. The SMILES string of the molecule is Cc1cc2nc3c4cc(Cl)ccc4n(CC(=O)N(C)C)c3nc2cc1C. The van der Waals surface area contributed by atoms with Crippen molar-refractivity contribution in [1.29, 1.82) is 0 Å². The van der Waals surface area contributed by atoms with Gasteiger partial charge in [-0.3, -0.25) is 4.79 Å². The van der Waals surface area contributed by atoms with Gasteiger partial charge in [-0.25, -0.2) is 9.97 Å². The first-order valence-electron chi connectivity index (χ1n) is 8.42. The third-order valence-corrected chi connectivity index (χ3v) is 5.05. The van der Waals surface area contributed by atoms with Gasteiger partial charge in [-0.15, -0.1) is 0 Å². The van der Waals surface area contributed by atoms with Gasteiger partial charge in [0.1, 0.15) is 12.1 Å². The summed E-state index contributed by atoms with van der Waals surface area (Å²) in [6.07, 6.45) is 0. The molecule has 5 nitrogen and oxygen atoms in total. The van der Waals surface area contributed by atoms with Crippen molar-refractivity contribution >= 4 is 50.6 Å². The molecule has 26 heavy (non-hydrogen) atoms. The molecule has 4 aromatic rings. The minimum Gasteiger partial charge on any atom is -0.347 e. The summed E-state index contributed by atoms with van der Waals surface area (Å²) in [6.45, 7) is 4.34. The van der Waals surface area contributed by atoms with E-state index in [-0.39, 0.29) is 12.5 Å². The summed E-state index contributed by atoms with van der Waals surface area (Å²) in [7, 11) is 3.50. The minimum atomic E-state index is 0.000679. The molecule has 2 aromatic heterocycles. The molecule has 0 aliphatic heterocycles. The van der Waals surface area contributed by atoms with E-state index in [2.05, 4.69) is 19.9 Å². The van der Waals surface area contributed by atoms with Crippen LogP contribution >= 0.6 is 11.6 Å². The molecular formula is C20H19ClN4O. The molecule has 4 rings (SSSR count). The van der Waals surface area contributed by atoms with E-state index in [0.29, 0.717) is 10.7 Å². The molecule has 0 atom stereocenters. The number of nitrogens with zero attached hydrogens (tertiary/aromatic N) is 4. The van der Waals surface area contributed by atoms with Gasteiger partial charge in [0, 0.05) is 24.5 Å². The summed E-state index contributed by atoms with van der Waals surface area (Å²) in [5.74, 6) is 0.000679. The third-order valence-electron chi connectivity index (χ3n) is 4.81. The van der Waals surface area contributed by atoms with E-state index in [9.17, 15) is 4.79 Å². The van der Waals surface area contributed by atoms with Crippen molar-refractivity contribution in [2.75, 3.05) is 14.1 Å². The lowest BCUT2D eigenvalue weighted by Gasteiger charge is -2.12. The second-order valence-electron chi connectivity index (χ2n) is 6.86. The lowest BCUT2D eigenvalue weighted by Crippen LogP contribution is -2.26. The Labute approximate surface area is 156 Å². The van der Waals surface area contributed by atoms with Crippen molar-refractivity contribution in [3.8, 4) is 0 Å². The molecule has 6 heteroatoms. The van der Waals surface area contributed by atoms with Gasteiger partial charge >= 0.3 is 0 Å². The van der Waals surface area contributed by atoms with Gasteiger partial charge in [0.25, 0.3) is 0 Å². The smallest absolute Gasteiger partial charge is 0.242 e. The number of carbonyl (C=O) groups is 1. The zero-order valence-corrected chi connectivity index (χ0v) is 15.9. The summed E-state index contributed by atoms with van der Waals surface area (Å²) in [4.78, 5) is 23.6. The summed E-state index contributed by atoms with van der Waals surface area (Å²) >= 11 is 6.22. The van der Waals surface area contributed by atoms with Crippen LogP contribution in [0, 0.1) is 13.8 Å². The van der Waals surface area contributed by atoms with Crippen LogP contribution in [0.15, 0.2) is 30.3 Å². The predicted molar refractivity (Wildman–Crippen MR) is 106 cm³/mol. The molecule has 0 fully saturated rings. The second kappa shape index (κ2) is 5.95. The van der Waals surface area contributed by atoms with Gasteiger partial charge in [-0.1, -0.05) is 11.6 Å². The van der Waals surface area contributed by atoms with Crippen LogP contribution in [-0.4, -0.2) is 39.4 Å². The van der Waals surface area contributed by atoms with Crippen molar-refractivity contribution in [2.24, 2.45) is 0 Å². The topological polar surface area (TPSA) is 51.0 Å². The molecule has 0 unspecified atom stereocenters. The number of rotatable bonds is 2. The van der Waals surface area contributed by atoms with Gasteiger partial charge in [0.05, 0.1) is 16.6 Å². The average Bonchev–Trinajstić information content (AvgIpc) is 2.86. The van der Waals surface area contributed by atoms with Crippen LogP contribution in [0.3, 0.4) is 0 Å². The molecular weight excluding hydrogens is 348 g/mol. The number of aryl methyl sites for hydroxylation is 2. The van der Waals surface area contributed by atoms with Crippen molar-refractivity contribution in [3.05, 3.63) is 46.5 Å². The zero-order valence-electron chi connectivity index (χ0n) is 15.2. The van der Waals surface area contributed by atoms with Crippen molar-refractivity contribution < 1.29 is 4.79 Å². The second-order valence-corrected chi connectivity index (χ2v) is 7.29. The number of hydrogen-bond acceptors (Lipinski definition) is 3. The molecule has 0 aliphatic carbocycles. The van der Waals surface area contributed by atoms with E-state index in [0.717, 1.165) is 27.5 Å². The standard InChI is InChI=1S/C20H19ClN4O/c1-11-7-15-16(8-12(11)2)23-20-19(22-15)14-9-13(21)5-6-17(14)25(20)10-18(26)24(3)4/h5-9H,10H2,1-4H3. The maximum Gasteiger partial charge on any atom is 0.242 e. The van der Waals surface area contributed by atoms with Crippen LogP contribution < -0.4 is 0 Å². The van der Waals surface area contributed by atoms with Crippen LogP contribution in [0.25, 0.3) is 33.1 Å². The summed E-state index contributed by atoms with van der Waals surface area (Å²) in [5, 5.41) is 1.55. The van der Waals surface area contributed by atoms with Crippen LogP contribution in [0.2, 0.25) is 5.02 Å².